The number of carbonyl (C=O) groups excluding carboxylic acids is 1. The first-order valence-electron chi connectivity index (χ1n) is 7.51. The number of nitrogens with zero attached hydrogens (tertiary/aromatic N) is 1. The van der Waals surface area contributed by atoms with Gasteiger partial charge >= 0.3 is 0 Å². The van der Waals surface area contributed by atoms with Gasteiger partial charge in [0.1, 0.15) is 5.75 Å². The second kappa shape index (κ2) is 9.64. The lowest BCUT2D eigenvalue weighted by molar-refractivity contribution is -0.121. The molecule has 4 nitrogen and oxygen atoms in total. The Morgan fingerprint density at radius 1 is 1.33 bits per heavy atom. The van der Waals surface area contributed by atoms with Crippen molar-refractivity contribution in [2.24, 2.45) is 5.10 Å². The fourth-order valence-corrected chi connectivity index (χ4v) is 2.75. The Kier molecular flexibility index (Phi) is 7.52. The van der Waals surface area contributed by atoms with E-state index in [1.165, 1.54) is 0 Å². The molecule has 2 rings (SSSR count). The molecule has 2 aromatic carbocycles. The van der Waals surface area contributed by atoms with Crippen LogP contribution in [0.2, 0.25) is 5.02 Å². The van der Waals surface area contributed by atoms with Crippen LogP contribution in [0.3, 0.4) is 0 Å². The van der Waals surface area contributed by atoms with Gasteiger partial charge in [-0.1, -0.05) is 29.8 Å². The zero-order valence-corrected chi connectivity index (χ0v) is 16.2. The van der Waals surface area contributed by atoms with E-state index in [-0.39, 0.29) is 5.91 Å². The van der Waals surface area contributed by atoms with Gasteiger partial charge in [-0.3, -0.25) is 4.79 Å². The molecule has 0 aliphatic heterocycles. The van der Waals surface area contributed by atoms with Crippen molar-refractivity contribution in [3.63, 3.8) is 0 Å². The maximum atomic E-state index is 11.7. The molecule has 126 valence electrons. The summed E-state index contributed by atoms with van der Waals surface area (Å²) in [7, 11) is 0. The molecule has 0 aromatic heterocycles. The minimum Gasteiger partial charge on any atom is -0.493 e. The van der Waals surface area contributed by atoms with Crippen LogP contribution in [-0.2, 0) is 4.79 Å². The van der Waals surface area contributed by atoms with Crippen LogP contribution in [0.15, 0.2) is 47.6 Å². The second-order valence-electron chi connectivity index (χ2n) is 5.18. The van der Waals surface area contributed by atoms with E-state index in [9.17, 15) is 4.79 Å². The first-order valence-corrected chi connectivity index (χ1v) is 8.97. The maximum absolute atomic E-state index is 11.7. The van der Waals surface area contributed by atoms with E-state index in [0.29, 0.717) is 24.5 Å². The summed E-state index contributed by atoms with van der Waals surface area (Å²) in [6.45, 7) is 2.41. The molecule has 0 aliphatic carbocycles. The minimum absolute atomic E-state index is 0.131. The van der Waals surface area contributed by atoms with Crippen molar-refractivity contribution in [2.75, 3.05) is 6.61 Å². The van der Waals surface area contributed by atoms with Crippen LogP contribution in [0, 0.1) is 10.5 Å². The van der Waals surface area contributed by atoms with Gasteiger partial charge in [0.05, 0.1) is 12.8 Å². The quantitative estimate of drug-likeness (QED) is 0.287. The lowest BCUT2D eigenvalue weighted by Crippen LogP contribution is -2.18. The van der Waals surface area contributed by atoms with Crippen molar-refractivity contribution in [1.82, 2.24) is 5.43 Å². The van der Waals surface area contributed by atoms with E-state index in [0.717, 1.165) is 20.4 Å². The lowest BCUT2D eigenvalue weighted by Gasteiger charge is -2.08. The molecule has 1 amide bonds. The first kappa shape index (κ1) is 18.7. The zero-order valence-electron chi connectivity index (χ0n) is 13.3. The fraction of sp³-hybridized carbons (Fsp3) is 0.222. The number of rotatable bonds is 7. The maximum Gasteiger partial charge on any atom is 0.240 e. The molecule has 1 N–H and O–H groups in total. The molecule has 0 fully saturated rings. The molecule has 2 aromatic rings. The summed E-state index contributed by atoms with van der Waals surface area (Å²) in [6, 6.07) is 13.3. The number of nitrogens with one attached hydrogen (secondary N) is 1. The van der Waals surface area contributed by atoms with Crippen LogP contribution >= 0.6 is 34.2 Å². The molecule has 6 heteroatoms. The molecule has 0 saturated carbocycles. The Hall–Kier alpha value is -1.60. The van der Waals surface area contributed by atoms with Crippen molar-refractivity contribution >= 4 is 46.3 Å². The topological polar surface area (TPSA) is 50.7 Å². The summed E-state index contributed by atoms with van der Waals surface area (Å²) in [4.78, 5) is 11.7. The van der Waals surface area contributed by atoms with Crippen LogP contribution in [0.1, 0.15) is 24.0 Å². The highest BCUT2D eigenvalue weighted by Crippen LogP contribution is 2.21. The molecule has 0 bridgehead atoms. The van der Waals surface area contributed by atoms with Gasteiger partial charge in [-0.15, -0.1) is 0 Å². The Morgan fingerprint density at radius 2 is 2.12 bits per heavy atom. The van der Waals surface area contributed by atoms with Crippen LogP contribution in [0.25, 0.3) is 0 Å². The molecule has 24 heavy (non-hydrogen) atoms. The summed E-state index contributed by atoms with van der Waals surface area (Å²) >= 11 is 8.13. The highest BCUT2D eigenvalue weighted by atomic mass is 127. The molecule has 0 spiro atoms. The zero-order chi connectivity index (χ0) is 17.4. The largest absolute Gasteiger partial charge is 0.493 e. The third-order valence-corrected chi connectivity index (χ3v) is 4.46. The number of carbonyl (C=O) groups is 1. The highest BCUT2D eigenvalue weighted by Gasteiger charge is 2.03. The molecular formula is C18H18ClIN2O2. The van der Waals surface area contributed by atoms with Crippen molar-refractivity contribution in [2.45, 2.75) is 19.8 Å². The van der Waals surface area contributed by atoms with E-state index < -0.39 is 0 Å². The number of ether oxygens (including phenoxy) is 1. The number of aryl methyl sites for hydroxylation is 1. The van der Waals surface area contributed by atoms with Gasteiger partial charge in [0.2, 0.25) is 5.91 Å². The Labute approximate surface area is 160 Å². The second-order valence-corrected chi connectivity index (χ2v) is 6.78. The summed E-state index contributed by atoms with van der Waals surface area (Å²) in [6.07, 6.45) is 2.62. The summed E-state index contributed by atoms with van der Waals surface area (Å²) < 4.78 is 6.74. The van der Waals surface area contributed by atoms with Gasteiger partial charge in [-0.25, -0.2) is 5.43 Å². The van der Waals surface area contributed by atoms with Crippen LogP contribution in [0.5, 0.6) is 5.75 Å². The Bertz CT molecular complexity index is 735. The number of benzene rings is 2. The van der Waals surface area contributed by atoms with Crippen LogP contribution in [-0.4, -0.2) is 18.7 Å². The predicted octanol–water partition coefficient (Wildman–Crippen LogP) is 4.56. The summed E-state index contributed by atoms with van der Waals surface area (Å²) in [5, 5.41) is 4.66. The van der Waals surface area contributed by atoms with E-state index in [2.05, 4.69) is 33.1 Å². The van der Waals surface area contributed by atoms with Gasteiger partial charge in [0.25, 0.3) is 0 Å². The average molecular weight is 457 g/mol. The van der Waals surface area contributed by atoms with Gasteiger partial charge < -0.3 is 4.74 Å². The Balaban J connectivity index is 1.69. The normalized spacial score (nSPS) is 10.8. The van der Waals surface area contributed by atoms with Crippen LogP contribution in [0.4, 0.5) is 0 Å². The third-order valence-electron chi connectivity index (χ3n) is 3.24. The number of hydrogen-bond acceptors (Lipinski definition) is 3. The molecular weight excluding hydrogens is 439 g/mol. The molecule has 0 radical (unpaired) electrons. The van der Waals surface area contributed by atoms with E-state index in [4.69, 9.17) is 16.3 Å². The lowest BCUT2D eigenvalue weighted by atomic mass is 10.2. The predicted molar refractivity (Wildman–Crippen MR) is 106 cm³/mol. The monoisotopic (exact) mass is 456 g/mol. The van der Waals surface area contributed by atoms with Crippen molar-refractivity contribution in [1.29, 1.82) is 0 Å². The SMILES string of the molecule is Cc1cc(Cl)ccc1OCCCC(=O)N/N=C/c1ccccc1I. The van der Waals surface area contributed by atoms with E-state index >= 15 is 0 Å². The third kappa shape index (κ3) is 6.13. The standard InChI is InChI=1S/C18H18ClIN2O2/c1-13-11-15(19)8-9-17(13)24-10-4-7-18(23)22-21-12-14-5-2-3-6-16(14)20/h2-3,5-6,8-9,11-12H,4,7,10H2,1H3,(H,22,23)/b21-12+. The van der Waals surface area contributed by atoms with E-state index in [1.807, 2.05) is 43.3 Å². The number of halogens is 2. The summed E-state index contributed by atoms with van der Waals surface area (Å²) in [5.41, 5.74) is 4.48. The average Bonchev–Trinajstić information content (AvgIpc) is 2.55. The van der Waals surface area contributed by atoms with Crippen molar-refractivity contribution < 1.29 is 9.53 Å². The van der Waals surface area contributed by atoms with Crippen molar-refractivity contribution in [3.8, 4) is 5.75 Å². The minimum atomic E-state index is -0.131. The summed E-state index contributed by atoms with van der Waals surface area (Å²) in [5.74, 6) is 0.657. The fourth-order valence-electron chi connectivity index (χ4n) is 2.00. The highest BCUT2D eigenvalue weighted by molar-refractivity contribution is 14.1. The van der Waals surface area contributed by atoms with E-state index in [1.54, 1.807) is 12.3 Å². The smallest absolute Gasteiger partial charge is 0.240 e. The van der Waals surface area contributed by atoms with Crippen molar-refractivity contribution in [3.05, 3.63) is 62.2 Å². The molecule has 0 saturated heterocycles. The van der Waals surface area contributed by atoms with Crippen LogP contribution < -0.4 is 10.2 Å². The molecule has 0 aliphatic rings. The first-order chi connectivity index (χ1) is 11.6. The van der Waals surface area contributed by atoms with Gasteiger partial charge in [-0.2, -0.15) is 5.10 Å². The molecule has 0 unspecified atom stereocenters. The number of amides is 1. The number of hydrazone groups is 1. The van der Waals surface area contributed by atoms with Gasteiger partial charge in [0.15, 0.2) is 0 Å². The number of hydrogen-bond donors (Lipinski definition) is 1. The molecule has 0 atom stereocenters. The van der Waals surface area contributed by atoms with Gasteiger partial charge in [-0.05, 0) is 65.8 Å². The molecule has 0 heterocycles. The van der Waals surface area contributed by atoms with Gasteiger partial charge in [0, 0.05) is 20.6 Å². The Morgan fingerprint density at radius 3 is 2.88 bits per heavy atom.